The molecule has 0 aromatic carbocycles. The molecule has 0 unspecified atom stereocenters. The Morgan fingerprint density at radius 1 is 1.08 bits per heavy atom. The van der Waals surface area contributed by atoms with E-state index < -0.39 is 0 Å². The minimum absolute atomic E-state index is 0.880. The summed E-state index contributed by atoms with van der Waals surface area (Å²) in [5, 5.41) is 0. The average molecular weight is 167 g/mol. The summed E-state index contributed by atoms with van der Waals surface area (Å²) in [5.74, 6) is 0.880. The Balaban J connectivity index is 1.81. The minimum atomic E-state index is 0.880. The molecule has 0 aromatic heterocycles. The molecule has 0 N–H and O–H groups in total. The third-order valence-electron chi connectivity index (χ3n) is 3.57. The number of fused-ring (bicyclic) bond motifs is 2. The second-order valence-electron chi connectivity index (χ2n) is 4.88. The van der Waals surface area contributed by atoms with Gasteiger partial charge in [-0.25, -0.2) is 0 Å². The van der Waals surface area contributed by atoms with Gasteiger partial charge in [-0.3, -0.25) is 4.90 Å². The molecule has 0 aliphatic carbocycles. The average Bonchev–Trinajstić information content (AvgIpc) is 2.59. The van der Waals surface area contributed by atoms with E-state index >= 15 is 0 Å². The Morgan fingerprint density at radius 3 is 2.00 bits per heavy atom. The maximum Gasteiger partial charge on any atom is 0.00993 e. The van der Waals surface area contributed by atoms with Crippen molar-refractivity contribution in [2.45, 2.75) is 58.0 Å². The number of rotatable bonds is 3. The number of hydrogen-bond donors (Lipinski definition) is 0. The van der Waals surface area contributed by atoms with Crippen LogP contribution in [-0.4, -0.2) is 23.5 Å². The summed E-state index contributed by atoms with van der Waals surface area (Å²) in [6.07, 6.45) is 7.35. The van der Waals surface area contributed by atoms with Crippen molar-refractivity contribution < 1.29 is 0 Å². The predicted molar refractivity (Wildman–Crippen MR) is 52.2 cm³/mol. The molecule has 0 saturated carbocycles. The number of hydrogen-bond acceptors (Lipinski definition) is 1. The van der Waals surface area contributed by atoms with Gasteiger partial charge in [0.25, 0.3) is 0 Å². The molecule has 2 fully saturated rings. The molecule has 2 rings (SSSR count). The summed E-state index contributed by atoms with van der Waals surface area (Å²) in [6.45, 7) is 6.03. The second-order valence-corrected chi connectivity index (χ2v) is 4.88. The largest absolute Gasteiger partial charge is 0.297 e. The van der Waals surface area contributed by atoms with Crippen LogP contribution in [0.25, 0.3) is 0 Å². The van der Waals surface area contributed by atoms with Crippen molar-refractivity contribution >= 4 is 0 Å². The van der Waals surface area contributed by atoms with Crippen LogP contribution >= 0.6 is 0 Å². The third kappa shape index (κ3) is 1.52. The van der Waals surface area contributed by atoms with Crippen LogP contribution in [0.4, 0.5) is 0 Å². The fourth-order valence-corrected chi connectivity index (χ4v) is 2.79. The highest BCUT2D eigenvalue weighted by molar-refractivity contribution is 4.94. The van der Waals surface area contributed by atoms with Gasteiger partial charge in [-0.05, 0) is 44.6 Å². The lowest BCUT2D eigenvalue weighted by atomic mass is 10.0. The van der Waals surface area contributed by atoms with Gasteiger partial charge in [0.2, 0.25) is 0 Å². The van der Waals surface area contributed by atoms with Crippen molar-refractivity contribution in [2.24, 2.45) is 5.92 Å². The van der Waals surface area contributed by atoms with Crippen LogP contribution in [0.3, 0.4) is 0 Å². The Morgan fingerprint density at radius 2 is 1.58 bits per heavy atom. The summed E-state index contributed by atoms with van der Waals surface area (Å²) in [7, 11) is 0. The maximum atomic E-state index is 2.78. The third-order valence-corrected chi connectivity index (χ3v) is 3.57. The Hall–Kier alpha value is -0.0400. The fraction of sp³-hybridized carbons (Fsp3) is 1.00. The Bertz CT molecular complexity index is 133. The van der Waals surface area contributed by atoms with Crippen molar-refractivity contribution in [1.29, 1.82) is 0 Å². The van der Waals surface area contributed by atoms with E-state index in [2.05, 4.69) is 18.7 Å². The van der Waals surface area contributed by atoms with Crippen molar-refractivity contribution in [2.75, 3.05) is 6.54 Å². The van der Waals surface area contributed by atoms with Crippen LogP contribution < -0.4 is 0 Å². The van der Waals surface area contributed by atoms with E-state index in [4.69, 9.17) is 0 Å². The lowest BCUT2D eigenvalue weighted by Gasteiger charge is -2.22. The molecule has 0 aromatic rings. The molecule has 0 amide bonds. The standard InChI is InChI=1S/C11H21N/c1-9(2)7-8-12-10-3-4-11(12)6-5-10/h9-11H,3-8H2,1-2H3. The Labute approximate surface area is 76.1 Å². The molecule has 2 bridgehead atoms. The molecule has 1 nitrogen and oxygen atoms in total. The first kappa shape index (κ1) is 8.55. The minimum Gasteiger partial charge on any atom is -0.297 e. The lowest BCUT2D eigenvalue weighted by Crippen LogP contribution is -2.30. The van der Waals surface area contributed by atoms with Gasteiger partial charge in [0.05, 0.1) is 0 Å². The summed E-state index contributed by atoms with van der Waals surface area (Å²) >= 11 is 0. The molecule has 1 heteroatoms. The molecular weight excluding hydrogens is 146 g/mol. The first-order valence-electron chi connectivity index (χ1n) is 5.53. The van der Waals surface area contributed by atoms with Gasteiger partial charge in [-0.15, -0.1) is 0 Å². The van der Waals surface area contributed by atoms with E-state index in [1.165, 1.54) is 38.6 Å². The van der Waals surface area contributed by atoms with Gasteiger partial charge < -0.3 is 0 Å². The van der Waals surface area contributed by atoms with Gasteiger partial charge in [-0.2, -0.15) is 0 Å². The molecule has 2 saturated heterocycles. The highest BCUT2D eigenvalue weighted by atomic mass is 15.2. The Kier molecular flexibility index (Phi) is 2.40. The molecule has 2 aliphatic rings. The summed E-state index contributed by atoms with van der Waals surface area (Å²) < 4.78 is 0. The zero-order chi connectivity index (χ0) is 8.55. The molecule has 2 heterocycles. The molecule has 0 atom stereocenters. The van der Waals surface area contributed by atoms with E-state index in [1.54, 1.807) is 0 Å². The number of nitrogens with zero attached hydrogens (tertiary/aromatic N) is 1. The summed E-state index contributed by atoms with van der Waals surface area (Å²) in [6, 6.07) is 1.96. The van der Waals surface area contributed by atoms with E-state index in [-0.39, 0.29) is 0 Å². The van der Waals surface area contributed by atoms with Crippen LogP contribution in [0.5, 0.6) is 0 Å². The van der Waals surface area contributed by atoms with Crippen molar-refractivity contribution in [3.8, 4) is 0 Å². The normalized spacial score (nSPS) is 35.2. The predicted octanol–water partition coefficient (Wildman–Crippen LogP) is 2.66. The highest BCUT2D eigenvalue weighted by Gasteiger charge is 2.38. The maximum absolute atomic E-state index is 2.78. The molecule has 0 spiro atoms. The first-order valence-corrected chi connectivity index (χ1v) is 5.53. The SMILES string of the molecule is CC(C)CCN1C2CCC1CC2. The van der Waals surface area contributed by atoms with E-state index in [0.29, 0.717) is 0 Å². The molecular formula is C11H21N. The van der Waals surface area contributed by atoms with Crippen LogP contribution in [-0.2, 0) is 0 Å². The smallest absolute Gasteiger partial charge is 0.00993 e. The van der Waals surface area contributed by atoms with E-state index in [1.807, 2.05) is 0 Å². The van der Waals surface area contributed by atoms with Crippen molar-refractivity contribution in [3.63, 3.8) is 0 Å². The van der Waals surface area contributed by atoms with Crippen molar-refractivity contribution in [3.05, 3.63) is 0 Å². The van der Waals surface area contributed by atoms with Gasteiger partial charge in [-0.1, -0.05) is 13.8 Å². The molecule has 2 aliphatic heterocycles. The zero-order valence-corrected chi connectivity index (χ0v) is 8.42. The summed E-state index contributed by atoms with van der Waals surface area (Å²) in [5.41, 5.74) is 0. The lowest BCUT2D eigenvalue weighted by molar-refractivity contribution is 0.238. The van der Waals surface area contributed by atoms with E-state index in [0.717, 1.165) is 18.0 Å². The quantitative estimate of drug-likeness (QED) is 0.624. The second kappa shape index (κ2) is 3.37. The van der Waals surface area contributed by atoms with Crippen LogP contribution in [0.15, 0.2) is 0 Å². The topological polar surface area (TPSA) is 3.24 Å². The van der Waals surface area contributed by atoms with Crippen LogP contribution in [0.2, 0.25) is 0 Å². The molecule has 70 valence electrons. The van der Waals surface area contributed by atoms with Gasteiger partial charge in [0, 0.05) is 12.1 Å². The monoisotopic (exact) mass is 167 g/mol. The summed E-state index contributed by atoms with van der Waals surface area (Å²) in [4.78, 5) is 2.78. The van der Waals surface area contributed by atoms with Crippen LogP contribution in [0, 0.1) is 5.92 Å². The van der Waals surface area contributed by atoms with Crippen LogP contribution in [0.1, 0.15) is 46.0 Å². The van der Waals surface area contributed by atoms with Gasteiger partial charge >= 0.3 is 0 Å². The van der Waals surface area contributed by atoms with E-state index in [9.17, 15) is 0 Å². The first-order chi connectivity index (χ1) is 5.77. The van der Waals surface area contributed by atoms with Crippen molar-refractivity contribution in [1.82, 2.24) is 4.90 Å². The van der Waals surface area contributed by atoms with Gasteiger partial charge in [0.15, 0.2) is 0 Å². The fourth-order valence-electron chi connectivity index (χ4n) is 2.79. The highest BCUT2D eigenvalue weighted by Crippen LogP contribution is 2.37. The zero-order valence-electron chi connectivity index (χ0n) is 8.42. The van der Waals surface area contributed by atoms with Gasteiger partial charge in [0.1, 0.15) is 0 Å². The molecule has 0 radical (unpaired) electrons. The molecule has 12 heavy (non-hydrogen) atoms.